The number of ether oxygens (including phenoxy) is 3. The molecule has 1 aromatic carbocycles. The predicted octanol–water partition coefficient (Wildman–Crippen LogP) is 1.98. The third-order valence-electron chi connectivity index (χ3n) is 5.49. The summed E-state index contributed by atoms with van der Waals surface area (Å²) in [6, 6.07) is 6.14. The van der Waals surface area contributed by atoms with Crippen molar-refractivity contribution in [3.05, 3.63) is 23.8 Å². The van der Waals surface area contributed by atoms with Gasteiger partial charge in [-0.3, -0.25) is 0 Å². The number of piperidine rings is 1. The van der Waals surface area contributed by atoms with Crippen molar-refractivity contribution >= 4 is 0 Å². The highest BCUT2D eigenvalue weighted by Gasteiger charge is 2.37. The van der Waals surface area contributed by atoms with E-state index in [2.05, 4.69) is 29.3 Å². The third-order valence-corrected chi connectivity index (χ3v) is 5.49. The molecule has 1 N–H and O–H groups in total. The highest BCUT2D eigenvalue weighted by atomic mass is 16.6. The Hall–Kier alpha value is -1.30. The Balaban J connectivity index is 1.25. The normalized spacial score (nSPS) is 26.5. The second-order valence-electron chi connectivity index (χ2n) is 7.34. The van der Waals surface area contributed by atoms with Gasteiger partial charge in [-0.15, -0.1) is 0 Å². The summed E-state index contributed by atoms with van der Waals surface area (Å²) in [5.74, 6) is 1.77. The Morgan fingerprint density at radius 1 is 1.25 bits per heavy atom. The van der Waals surface area contributed by atoms with Crippen molar-refractivity contribution in [2.45, 2.75) is 37.9 Å². The van der Waals surface area contributed by atoms with E-state index in [4.69, 9.17) is 14.2 Å². The topological polar surface area (TPSA) is 43.0 Å². The number of hydrogen-bond acceptors (Lipinski definition) is 5. The summed E-state index contributed by atoms with van der Waals surface area (Å²) in [4.78, 5) is 2.54. The van der Waals surface area contributed by atoms with Gasteiger partial charge in [-0.05, 0) is 37.5 Å². The summed E-state index contributed by atoms with van der Waals surface area (Å²) in [6.07, 6.45) is 3.43. The molecule has 3 heterocycles. The molecule has 1 atom stereocenters. The standard InChI is InChI=1S/C19H28N2O3/c1-15-2-3-17-18(12-15)24-16(13-22-17)4-8-21-9-5-19(6-10-21)14-20-7-11-23-19/h2-3,12,16,20H,4-11,13-14H2,1H3. The molecule has 132 valence electrons. The molecule has 0 bridgehead atoms. The molecule has 4 rings (SSSR count). The van der Waals surface area contributed by atoms with E-state index in [0.717, 1.165) is 70.1 Å². The van der Waals surface area contributed by atoms with Gasteiger partial charge in [0, 0.05) is 39.1 Å². The molecular weight excluding hydrogens is 304 g/mol. The predicted molar refractivity (Wildman–Crippen MR) is 92.9 cm³/mol. The largest absolute Gasteiger partial charge is 0.486 e. The van der Waals surface area contributed by atoms with Crippen LogP contribution in [0.25, 0.3) is 0 Å². The maximum absolute atomic E-state index is 6.13. The number of benzene rings is 1. The van der Waals surface area contributed by atoms with E-state index in [1.807, 2.05) is 6.07 Å². The lowest BCUT2D eigenvalue weighted by Gasteiger charge is -2.44. The number of nitrogens with one attached hydrogen (secondary N) is 1. The van der Waals surface area contributed by atoms with Crippen molar-refractivity contribution < 1.29 is 14.2 Å². The lowest BCUT2D eigenvalue weighted by molar-refractivity contribution is -0.100. The summed E-state index contributed by atoms with van der Waals surface area (Å²) in [5, 5.41) is 3.48. The van der Waals surface area contributed by atoms with Gasteiger partial charge >= 0.3 is 0 Å². The van der Waals surface area contributed by atoms with Gasteiger partial charge in [-0.2, -0.15) is 0 Å². The maximum Gasteiger partial charge on any atom is 0.162 e. The molecule has 5 heteroatoms. The van der Waals surface area contributed by atoms with Gasteiger partial charge < -0.3 is 24.4 Å². The summed E-state index contributed by atoms with van der Waals surface area (Å²) >= 11 is 0. The van der Waals surface area contributed by atoms with Gasteiger partial charge in [-0.25, -0.2) is 0 Å². The molecule has 0 aliphatic carbocycles. The first kappa shape index (κ1) is 16.2. The van der Waals surface area contributed by atoms with Crippen molar-refractivity contribution in [2.24, 2.45) is 0 Å². The highest BCUT2D eigenvalue weighted by Crippen LogP contribution is 2.33. The molecule has 2 fully saturated rings. The van der Waals surface area contributed by atoms with Gasteiger partial charge in [0.05, 0.1) is 12.2 Å². The molecule has 0 saturated carbocycles. The first-order valence-corrected chi connectivity index (χ1v) is 9.20. The molecule has 3 aliphatic rings. The molecule has 5 nitrogen and oxygen atoms in total. The molecule has 0 amide bonds. The summed E-state index contributed by atoms with van der Waals surface area (Å²) in [7, 11) is 0. The molecule has 2 saturated heterocycles. The Labute approximate surface area is 144 Å². The molecule has 1 aromatic rings. The van der Waals surface area contributed by atoms with Crippen LogP contribution in [0.15, 0.2) is 18.2 Å². The Bertz CT molecular complexity index is 562. The van der Waals surface area contributed by atoms with E-state index in [0.29, 0.717) is 6.61 Å². The monoisotopic (exact) mass is 332 g/mol. The zero-order chi connectivity index (χ0) is 16.4. The van der Waals surface area contributed by atoms with Crippen LogP contribution in [0.5, 0.6) is 11.5 Å². The van der Waals surface area contributed by atoms with Crippen LogP contribution in [0.2, 0.25) is 0 Å². The van der Waals surface area contributed by atoms with Crippen LogP contribution in [-0.2, 0) is 4.74 Å². The van der Waals surface area contributed by atoms with Crippen molar-refractivity contribution in [3.63, 3.8) is 0 Å². The molecule has 24 heavy (non-hydrogen) atoms. The van der Waals surface area contributed by atoms with Gasteiger partial charge in [-0.1, -0.05) is 6.07 Å². The SMILES string of the molecule is Cc1ccc2c(c1)OC(CCN1CCC3(CC1)CNCCO3)CO2. The number of fused-ring (bicyclic) bond motifs is 1. The Morgan fingerprint density at radius 2 is 2.12 bits per heavy atom. The quantitative estimate of drug-likeness (QED) is 0.917. The Kier molecular flexibility index (Phi) is 4.66. The van der Waals surface area contributed by atoms with Crippen molar-refractivity contribution in [1.82, 2.24) is 10.2 Å². The van der Waals surface area contributed by atoms with Crippen LogP contribution < -0.4 is 14.8 Å². The smallest absolute Gasteiger partial charge is 0.162 e. The van der Waals surface area contributed by atoms with E-state index in [9.17, 15) is 0 Å². The first-order valence-electron chi connectivity index (χ1n) is 9.20. The van der Waals surface area contributed by atoms with E-state index in [1.165, 1.54) is 5.56 Å². The number of hydrogen-bond donors (Lipinski definition) is 1. The fourth-order valence-electron chi connectivity index (χ4n) is 3.90. The summed E-state index contributed by atoms with van der Waals surface area (Å²) in [6.45, 7) is 8.89. The zero-order valence-electron chi connectivity index (χ0n) is 14.6. The third kappa shape index (κ3) is 3.53. The molecule has 0 aromatic heterocycles. The minimum Gasteiger partial charge on any atom is -0.486 e. The van der Waals surface area contributed by atoms with E-state index in [-0.39, 0.29) is 11.7 Å². The van der Waals surface area contributed by atoms with Gasteiger partial charge in [0.15, 0.2) is 11.5 Å². The molecule has 3 aliphatic heterocycles. The second kappa shape index (κ2) is 6.90. The van der Waals surface area contributed by atoms with E-state index in [1.54, 1.807) is 0 Å². The van der Waals surface area contributed by atoms with Crippen molar-refractivity contribution in [2.75, 3.05) is 45.9 Å². The average molecular weight is 332 g/mol. The second-order valence-corrected chi connectivity index (χ2v) is 7.34. The lowest BCUT2D eigenvalue weighted by atomic mass is 9.90. The number of likely N-dealkylation sites (tertiary alicyclic amines) is 1. The van der Waals surface area contributed by atoms with E-state index < -0.39 is 0 Å². The number of morpholine rings is 1. The number of aryl methyl sites for hydroxylation is 1. The molecule has 1 unspecified atom stereocenters. The minimum atomic E-state index is 0.0929. The van der Waals surface area contributed by atoms with Crippen LogP contribution in [0.4, 0.5) is 0 Å². The van der Waals surface area contributed by atoms with Crippen LogP contribution in [0, 0.1) is 6.92 Å². The molecule has 1 spiro atoms. The number of rotatable bonds is 3. The van der Waals surface area contributed by atoms with Crippen LogP contribution in [0.1, 0.15) is 24.8 Å². The lowest BCUT2D eigenvalue weighted by Crippen LogP contribution is -2.55. The fourth-order valence-corrected chi connectivity index (χ4v) is 3.90. The first-order chi connectivity index (χ1) is 11.7. The highest BCUT2D eigenvalue weighted by molar-refractivity contribution is 5.43. The van der Waals surface area contributed by atoms with Crippen molar-refractivity contribution in [3.8, 4) is 11.5 Å². The Morgan fingerprint density at radius 3 is 2.92 bits per heavy atom. The van der Waals surface area contributed by atoms with Gasteiger partial charge in [0.25, 0.3) is 0 Å². The van der Waals surface area contributed by atoms with Crippen LogP contribution in [0.3, 0.4) is 0 Å². The van der Waals surface area contributed by atoms with Crippen molar-refractivity contribution in [1.29, 1.82) is 0 Å². The summed E-state index contributed by atoms with van der Waals surface area (Å²) in [5.41, 5.74) is 1.30. The zero-order valence-corrected chi connectivity index (χ0v) is 14.6. The summed E-state index contributed by atoms with van der Waals surface area (Å²) < 4.78 is 18.0. The fraction of sp³-hybridized carbons (Fsp3) is 0.684. The molecular formula is C19H28N2O3. The maximum atomic E-state index is 6.13. The van der Waals surface area contributed by atoms with Crippen LogP contribution >= 0.6 is 0 Å². The van der Waals surface area contributed by atoms with E-state index >= 15 is 0 Å². The minimum absolute atomic E-state index is 0.0929. The molecule has 0 radical (unpaired) electrons. The number of nitrogens with zero attached hydrogens (tertiary/aromatic N) is 1. The van der Waals surface area contributed by atoms with Gasteiger partial charge in [0.2, 0.25) is 0 Å². The average Bonchev–Trinajstić information content (AvgIpc) is 2.62. The van der Waals surface area contributed by atoms with Crippen LogP contribution in [-0.4, -0.2) is 62.5 Å². The van der Waals surface area contributed by atoms with Gasteiger partial charge in [0.1, 0.15) is 12.7 Å².